The van der Waals surface area contributed by atoms with Crippen LogP contribution in [0.15, 0.2) is 0 Å². The minimum atomic E-state index is -1.29. The average molecular weight is 239 g/mol. The highest BCUT2D eigenvalue weighted by Crippen LogP contribution is 1.96. The molecule has 0 amide bonds. The van der Waals surface area contributed by atoms with E-state index >= 15 is 0 Å². The lowest BCUT2D eigenvalue weighted by Crippen LogP contribution is -2.35. The smallest absolute Gasteiger partial charge is 0.357 e. The predicted molar refractivity (Wildman–Crippen MR) is 41.4 cm³/mol. The SMILES string of the molecule is O=C(CO)ON(OC(=O)CO)OC(=O)CO. The van der Waals surface area contributed by atoms with Crippen molar-refractivity contribution in [2.45, 2.75) is 0 Å². The fraction of sp³-hybridized carbons (Fsp3) is 0.500. The van der Waals surface area contributed by atoms with Gasteiger partial charge in [-0.15, -0.1) is 0 Å². The van der Waals surface area contributed by atoms with Gasteiger partial charge in [0.25, 0.3) is 0 Å². The number of nitrogens with zero attached hydrogens (tertiary/aromatic N) is 1. The van der Waals surface area contributed by atoms with Crippen molar-refractivity contribution in [1.29, 1.82) is 0 Å². The van der Waals surface area contributed by atoms with Crippen LogP contribution in [0.25, 0.3) is 0 Å². The molecule has 0 unspecified atom stereocenters. The van der Waals surface area contributed by atoms with Crippen molar-refractivity contribution in [2.24, 2.45) is 0 Å². The molecule has 0 bridgehead atoms. The van der Waals surface area contributed by atoms with Gasteiger partial charge in [0.2, 0.25) is 5.39 Å². The third-order valence-corrected chi connectivity index (χ3v) is 0.916. The highest BCUT2D eigenvalue weighted by molar-refractivity contribution is 5.72. The number of aliphatic hydroxyl groups excluding tert-OH is 3. The van der Waals surface area contributed by atoms with Gasteiger partial charge < -0.3 is 15.3 Å². The maximum Gasteiger partial charge on any atom is 0.357 e. The lowest BCUT2D eigenvalue weighted by atomic mass is 10.8. The van der Waals surface area contributed by atoms with Crippen LogP contribution < -0.4 is 0 Å². The van der Waals surface area contributed by atoms with E-state index < -0.39 is 37.7 Å². The second-order valence-corrected chi connectivity index (χ2v) is 2.09. The van der Waals surface area contributed by atoms with Gasteiger partial charge in [0.1, 0.15) is 19.8 Å². The highest BCUT2D eigenvalue weighted by Gasteiger charge is 2.21. The van der Waals surface area contributed by atoms with Crippen molar-refractivity contribution in [1.82, 2.24) is 5.39 Å². The van der Waals surface area contributed by atoms with Gasteiger partial charge in [-0.05, 0) is 0 Å². The van der Waals surface area contributed by atoms with Crippen LogP contribution in [-0.2, 0) is 28.9 Å². The topological polar surface area (TPSA) is 143 Å². The Morgan fingerprint density at radius 3 is 1.19 bits per heavy atom. The van der Waals surface area contributed by atoms with E-state index in [1.54, 1.807) is 0 Å². The molecule has 0 aliphatic rings. The predicted octanol–water partition coefficient (Wildman–Crippen LogP) is -3.36. The van der Waals surface area contributed by atoms with Crippen LogP contribution in [0.2, 0.25) is 0 Å². The fourth-order valence-electron chi connectivity index (χ4n) is 0.392. The van der Waals surface area contributed by atoms with Crippen molar-refractivity contribution >= 4 is 17.9 Å². The zero-order valence-electron chi connectivity index (χ0n) is 7.86. The lowest BCUT2D eigenvalue weighted by molar-refractivity contribution is -0.465. The molecule has 0 aromatic rings. The monoisotopic (exact) mass is 239 g/mol. The molecule has 0 radical (unpaired) electrons. The first kappa shape index (κ1) is 14.2. The molecule has 0 aliphatic carbocycles. The molecule has 0 saturated carbocycles. The molecule has 0 atom stereocenters. The Hall–Kier alpha value is -1.75. The first-order chi connectivity index (χ1) is 7.53. The Kier molecular flexibility index (Phi) is 6.71. The van der Waals surface area contributed by atoms with Gasteiger partial charge in [0.15, 0.2) is 0 Å². The number of aliphatic hydroxyl groups is 3. The van der Waals surface area contributed by atoms with Crippen molar-refractivity contribution < 1.29 is 44.2 Å². The highest BCUT2D eigenvalue weighted by atomic mass is 17.2. The van der Waals surface area contributed by atoms with E-state index in [0.717, 1.165) is 0 Å². The van der Waals surface area contributed by atoms with Gasteiger partial charge in [-0.1, -0.05) is 0 Å². The second-order valence-electron chi connectivity index (χ2n) is 2.09. The molecule has 0 heterocycles. The van der Waals surface area contributed by atoms with E-state index in [1.807, 2.05) is 0 Å². The molecule has 10 nitrogen and oxygen atoms in total. The van der Waals surface area contributed by atoms with Gasteiger partial charge in [-0.2, -0.15) is 0 Å². The number of hydrogen-bond donors (Lipinski definition) is 3. The summed E-state index contributed by atoms with van der Waals surface area (Å²) in [7, 11) is 0. The van der Waals surface area contributed by atoms with Crippen LogP contribution in [0.4, 0.5) is 0 Å². The van der Waals surface area contributed by atoms with Gasteiger partial charge in [0.05, 0.1) is 0 Å². The summed E-state index contributed by atoms with van der Waals surface area (Å²) in [6, 6.07) is 0. The molecule has 0 aromatic carbocycles. The van der Waals surface area contributed by atoms with Gasteiger partial charge in [0, 0.05) is 0 Å². The van der Waals surface area contributed by atoms with Crippen LogP contribution in [-0.4, -0.2) is 58.4 Å². The maximum atomic E-state index is 10.5. The minimum absolute atomic E-state index is 0.338. The second kappa shape index (κ2) is 7.53. The molecule has 0 saturated heterocycles. The Balaban J connectivity index is 4.31. The van der Waals surface area contributed by atoms with Crippen LogP contribution in [0, 0.1) is 0 Å². The summed E-state index contributed by atoms with van der Waals surface area (Å²) in [4.78, 5) is 43.6. The van der Waals surface area contributed by atoms with Crippen molar-refractivity contribution in [3.8, 4) is 0 Å². The van der Waals surface area contributed by atoms with Gasteiger partial charge in [-0.3, -0.25) is 14.5 Å². The van der Waals surface area contributed by atoms with Crippen LogP contribution in [0.3, 0.4) is 0 Å². The molecule has 0 fully saturated rings. The van der Waals surface area contributed by atoms with Crippen LogP contribution >= 0.6 is 0 Å². The number of carbonyl (C=O) groups excluding carboxylic acids is 3. The Morgan fingerprint density at radius 2 is 1.00 bits per heavy atom. The molecule has 0 aromatic heterocycles. The van der Waals surface area contributed by atoms with E-state index in [2.05, 4.69) is 14.5 Å². The number of hydrogen-bond acceptors (Lipinski definition) is 10. The molecule has 16 heavy (non-hydrogen) atoms. The summed E-state index contributed by atoms with van der Waals surface area (Å²) in [5, 5.41) is 24.5. The summed E-state index contributed by atoms with van der Waals surface area (Å²) in [5.41, 5.74) is 0. The van der Waals surface area contributed by atoms with E-state index in [0.29, 0.717) is 0 Å². The largest absolute Gasteiger partial charge is 0.385 e. The molecule has 0 aliphatic heterocycles. The summed E-state index contributed by atoms with van der Waals surface area (Å²) in [5.74, 6) is -3.88. The third-order valence-electron chi connectivity index (χ3n) is 0.916. The molecular formula is C6H9NO9. The Morgan fingerprint density at radius 1 is 0.750 bits per heavy atom. The average Bonchev–Trinajstić information content (AvgIpc) is 2.28. The quantitative estimate of drug-likeness (QED) is 0.402. The van der Waals surface area contributed by atoms with Crippen LogP contribution in [0.5, 0.6) is 0 Å². The lowest BCUT2D eigenvalue weighted by Gasteiger charge is -2.15. The zero-order valence-corrected chi connectivity index (χ0v) is 7.86. The van der Waals surface area contributed by atoms with Gasteiger partial charge in [-0.25, -0.2) is 14.4 Å². The Labute approximate surface area is 88.4 Å². The maximum absolute atomic E-state index is 10.5. The standard InChI is InChI=1S/C6H9NO9/c8-1-4(11)14-7(15-5(12)2-9)16-6(13)3-10/h8-10H,1-3H2. The fourth-order valence-corrected chi connectivity index (χ4v) is 0.392. The van der Waals surface area contributed by atoms with Crippen molar-refractivity contribution in [3.63, 3.8) is 0 Å². The summed E-state index contributed by atoms with van der Waals surface area (Å²) < 4.78 is 0. The van der Waals surface area contributed by atoms with E-state index in [1.165, 1.54) is 0 Å². The molecule has 0 rings (SSSR count). The summed E-state index contributed by atoms with van der Waals surface area (Å²) in [6.45, 7) is -3.20. The number of rotatable bonds is 6. The zero-order chi connectivity index (χ0) is 12.6. The molecule has 92 valence electrons. The van der Waals surface area contributed by atoms with E-state index in [9.17, 15) is 14.4 Å². The summed E-state index contributed by atoms with van der Waals surface area (Å²) in [6.07, 6.45) is 0. The van der Waals surface area contributed by atoms with Crippen molar-refractivity contribution in [2.75, 3.05) is 19.8 Å². The molecule has 10 heteroatoms. The Bertz CT molecular complexity index is 222. The third kappa shape index (κ3) is 5.87. The van der Waals surface area contributed by atoms with E-state index in [4.69, 9.17) is 15.3 Å². The summed E-state index contributed by atoms with van der Waals surface area (Å²) >= 11 is 0. The molecular weight excluding hydrogens is 230 g/mol. The first-order valence-corrected chi connectivity index (χ1v) is 3.78. The number of carbonyl (C=O) groups is 3. The van der Waals surface area contributed by atoms with Gasteiger partial charge >= 0.3 is 17.9 Å². The normalized spacial score (nSPS) is 9.75. The minimum Gasteiger partial charge on any atom is -0.385 e. The first-order valence-electron chi connectivity index (χ1n) is 3.78. The van der Waals surface area contributed by atoms with Crippen LogP contribution in [0.1, 0.15) is 0 Å². The molecule has 0 spiro atoms. The van der Waals surface area contributed by atoms with E-state index in [-0.39, 0.29) is 5.39 Å². The van der Waals surface area contributed by atoms with Crippen molar-refractivity contribution in [3.05, 3.63) is 0 Å². The molecule has 3 N–H and O–H groups in total.